The summed E-state index contributed by atoms with van der Waals surface area (Å²) in [6.45, 7) is 3.84. The molecule has 2 atom stereocenters. The summed E-state index contributed by atoms with van der Waals surface area (Å²) in [6.07, 6.45) is 2.25. The summed E-state index contributed by atoms with van der Waals surface area (Å²) in [5.74, 6) is -0.0923. The van der Waals surface area contributed by atoms with Crippen LogP contribution >= 0.6 is 11.6 Å². The van der Waals surface area contributed by atoms with Crippen LogP contribution in [0, 0.1) is 22.7 Å². The van der Waals surface area contributed by atoms with Gasteiger partial charge in [0.15, 0.2) is 5.65 Å². The molecule has 0 radical (unpaired) electrons. The Hall–Kier alpha value is -4.17. The molecule has 5 N–H and O–H groups in total. The minimum atomic E-state index is -1.23. The van der Waals surface area contributed by atoms with E-state index >= 15 is 0 Å². The molecule has 1 aromatic carbocycles. The van der Waals surface area contributed by atoms with E-state index in [4.69, 9.17) is 17.3 Å². The second kappa shape index (κ2) is 10.3. The number of nitriles is 2. The molecule has 1 aliphatic carbocycles. The molecule has 13 nitrogen and oxygen atoms in total. The van der Waals surface area contributed by atoms with E-state index in [-0.39, 0.29) is 24.6 Å². The van der Waals surface area contributed by atoms with Gasteiger partial charge in [0, 0.05) is 38.3 Å². The van der Waals surface area contributed by atoms with Crippen LogP contribution in [0.5, 0.6) is 0 Å². The molecule has 196 valence electrons. The van der Waals surface area contributed by atoms with Crippen LogP contribution in [0.3, 0.4) is 0 Å². The summed E-state index contributed by atoms with van der Waals surface area (Å²) in [5, 5.41) is 40.1. The highest BCUT2D eigenvalue weighted by molar-refractivity contribution is 6.36. The highest BCUT2D eigenvalue weighted by atomic mass is 35.5. The third-order valence-corrected chi connectivity index (χ3v) is 7.01. The van der Waals surface area contributed by atoms with Crippen molar-refractivity contribution >= 4 is 46.4 Å². The van der Waals surface area contributed by atoms with Gasteiger partial charge in [0.1, 0.15) is 17.7 Å². The summed E-state index contributed by atoms with van der Waals surface area (Å²) in [5.41, 5.74) is 7.35. The first-order chi connectivity index (χ1) is 18.3. The zero-order valence-electron chi connectivity index (χ0n) is 20.6. The Kier molecular flexibility index (Phi) is 6.91. The first-order valence-corrected chi connectivity index (χ1v) is 12.5. The van der Waals surface area contributed by atoms with Gasteiger partial charge in [0.2, 0.25) is 17.8 Å². The van der Waals surface area contributed by atoms with Crippen molar-refractivity contribution in [3.05, 3.63) is 34.5 Å². The summed E-state index contributed by atoms with van der Waals surface area (Å²) >= 11 is 6.87. The molecule has 2 aliphatic rings. The fourth-order valence-corrected chi connectivity index (χ4v) is 4.77. The van der Waals surface area contributed by atoms with Crippen molar-refractivity contribution in [1.82, 2.24) is 24.5 Å². The molecule has 1 amide bonds. The van der Waals surface area contributed by atoms with Crippen LogP contribution < -0.4 is 21.3 Å². The molecule has 5 rings (SSSR count). The lowest BCUT2D eigenvalue weighted by Gasteiger charge is -2.42. The molecule has 1 saturated carbocycles. The van der Waals surface area contributed by atoms with Gasteiger partial charge in [-0.3, -0.25) is 9.69 Å². The van der Waals surface area contributed by atoms with Crippen molar-refractivity contribution in [3.63, 3.8) is 0 Å². The number of hydrogen-bond donors (Lipinski definition) is 4. The highest BCUT2D eigenvalue weighted by Gasteiger charge is 2.29. The number of piperazine rings is 1. The molecular weight excluding hydrogens is 510 g/mol. The maximum Gasteiger partial charge on any atom is 0.247 e. The lowest BCUT2D eigenvalue weighted by Crippen LogP contribution is -2.54. The number of aliphatic hydroxyl groups is 1. The van der Waals surface area contributed by atoms with Crippen molar-refractivity contribution in [1.29, 1.82) is 10.5 Å². The number of anilines is 4. The third kappa shape index (κ3) is 5.13. The Bertz CT molecular complexity index is 1470. The number of nitrogens with zero attached hydrogens (tertiary/aromatic N) is 8. The molecule has 0 unspecified atom stereocenters. The molecule has 2 aromatic heterocycles. The van der Waals surface area contributed by atoms with E-state index in [1.54, 1.807) is 12.1 Å². The fraction of sp³-hybridized carbons (Fsp3) is 0.417. The van der Waals surface area contributed by atoms with Gasteiger partial charge >= 0.3 is 0 Å². The number of primary amides is 1. The third-order valence-electron chi connectivity index (χ3n) is 6.61. The zero-order chi connectivity index (χ0) is 27.0. The van der Waals surface area contributed by atoms with Crippen LogP contribution in [-0.2, 0) is 4.79 Å². The molecule has 14 heteroatoms. The van der Waals surface area contributed by atoms with Gasteiger partial charge in [-0.05, 0) is 31.9 Å². The Morgan fingerprint density at radius 3 is 2.74 bits per heavy atom. The normalized spacial score (nSPS) is 18.6. The van der Waals surface area contributed by atoms with Crippen molar-refractivity contribution in [2.24, 2.45) is 5.73 Å². The summed E-state index contributed by atoms with van der Waals surface area (Å²) in [6, 6.07) is 7.89. The Balaban J connectivity index is 1.44. The number of carbonyl (C=O) groups excluding carboxylic acids is 1. The van der Waals surface area contributed by atoms with Gasteiger partial charge in [-0.15, -0.1) is 0 Å². The van der Waals surface area contributed by atoms with Crippen LogP contribution in [0.25, 0.3) is 5.65 Å². The Morgan fingerprint density at radius 1 is 1.29 bits per heavy atom. The maximum atomic E-state index is 11.3. The molecule has 2 fully saturated rings. The molecule has 0 bridgehead atoms. The standard InChI is InChI=1S/C24H26ClN11O2/c1-13-11-34(12-19(37)21(28)38)4-5-35(13)18-7-14(8-26)6-17(20(18)25)31-23-32-22-15(9-27)10-29-36(22)24(33-23)30-16-2-3-16/h6-7,10,13,16,19,37H,2-5,11-12H2,1H3,(H2,28,38)(H2,30,31,32,33)/t13-,19-/m0/s1. The number of rotatable bonds is 8. The van der Waals surface area contributed by atoms with Gasteiger partial charge in [0.25, 0.3) is 0 Å². The number of benzene rings is 1. The summed E-state index contributed by atoms with van der Waals surface area (Å²) < 4.78 is 1.50. The Morgan fingerprint density at radius 2 is 2.08 bits per heavy atom. The second-order valence-electron chi connectivity index (χ2n) is 9.51. The average Bonchev–Trinajstić information content (AvgIpc) is 3.61. The van der Waals surface area contributed by atoms with E-state index in [1.165, 1.54) is 10.7 Å². The van der Waals surface area contributed by atoms with Crippen molar-refractivity contribution in [2.75, 3.05) is 41.7 Å². The van der Waals surface area contributed by atoms with E-state index in [0.717, 1.165) is 12.8 Å². The van der Waals surface area contributed by atoms with E-state index < -0.39 is 12.0 Å². The van der Waals surface area contributed by atoms with E-state index in [1.807, 2.05) is 11.8 Å². The van der Waals surface area contributed by atoms with E-state index in [2.05, 4.69) is 42.7 Å². The largest absolute Gasteiger partial charge is 0.382 e. The van der Waals surface area contributed by atoms with Gasteiger partial charge in [-0.25, -0.2) is 0 Å². The molecular formula is C24H26ClN11O2. The van der Waals surface area contributed by atoms with Gasteiger partial charge in [-0.2, -0.15) is 30.1 Å². The number of aromatic nitrogens is 4. The van der Waals surface area contributed by atoms with Crippen molar-refractivity contribution < 1.29 is 9.90 Å². The molecule has 0 spiro atoms. The van der Waals surface area contributed by atoms with Crippen LogP contribution in [-0.4, -0.2) is 79.9 Å². The number of aliphatic hydroxyl groups excluding tert-OH is 1. The minimum absolute atomic E-state index is 0.0324. The number of carbonyl (C=O) groups is 1. The molecule has 3 aromatic rings. The average molecular weight is 536 g/mol. The van der Waals surface area contributed by atoms with Crippen LogP contribution in [0.15, 0.2) is 18.3 Å². The molecule has 38 heavy (non-hydrogen) atoms. The van der Waals surface area contributed by atoms with Crippen LogP contribution in [0.2, 0.25) is 5.02 Å². The number of hydrogen-bond acceptors (Lipinski definition) is 11. The molecule has 3 heterocycles. The first-order valence-electron chi connectivity index (χ1n) is 12.2. The lowest BCUT2D eigenvalue weighted by molar-refractivity contribution is -0.127. The van der Waals surface area contributed by atoms with E-state index in [9.17, 15) is 20.4 Å². The number of nitrogens with one attached hydrogen (secondary N) is 2. The van der Waals surface area contributed by atoms with E-state index in [0.29, 0.717) is 58.8 Å². The number of amides is 1. The van der Waals surface area contributed by atoms with Gasteiger partial charge < -0.3 is 26.4 Å². The van der Waals surface area contributed by atoms with Crippen molar-refractivity contribution in [3.8, 4) is 12.1 Å². The number of β-amino-alcohol motifs (C(OH)–C–C–N with tert-alkyl or cyclic N) is 1. The minimum Gasteiger partial charge on any atom is -0.382 e. The lowest BCUT2D eigenvalue weighted by atomic mass is 10.1. The monoisotopic (exact) mass is 535 g/mol. The first kappa shape index (κ1) is 25.5. The smallest absolute Gasteiger partial charge is 0.247 e. The van der Waals surface area contributed by atoms with Gasteiger partial charge in [-0.1, -0.05) is 11.6 Å². The topological polar surface area (TPSA) is 185 Å². The number of halogens is 1. The number of fused-ring (bicyclic) bond motifs is 1. The predicted octanol–water partition coefficient (Wildman–Crippen LogP) is 1.20. The maximum absolute atomic E-state index is 11.3. The quantitative estimate of drug-likeness (QED) is 0.324. The molecule has 1 aliphatic heterocycles. The SMILES string of the molecule is C[C@H]1CN(C[C@H](O)C(N)=O)CCN1c1cc(C#N)cc(Nc2nc(NC3CC3)n3ncc(C#N)c3n2)c1Cl. The summed E-state index contributed by atoms with van der Waals surface area (Å²) in [7, 11) is 0. The van der Waals surface area contributed by atoms with Gasteiger partial charge in [0.05, 0.1) is 34.2 Å². The summed E-state index contributed by atoms with van der Waals surface area (Å²) in [4.78, 5) is 24.4. The zero-order valence-corrected chi connectivity index (χ0v) is 21.4. The van der Waals surface area contributed by atoms with Crippen LogP contribution in [0.4, 0.5) is 23.3 Å². The number of nitrogens with two attached hydrogens (primary N) is 1. The highest BCUT2D eigenvalue weighted by Crippen LogP contribution is 2.37. The van der Waals surface area contributed by atoms with Crippen LogP contribution in [0.1, 0.15) is 30.9 Å². The second-order valence-corrected chi connectivity index (χ2v) is 9.89. The Labute approximate surface area is 223 Å². The van der Waals surface area contributed by atoms with Crippen molar-refractivity contribution in [2.45, 2.75) is 38.0 Å². The fourth-order valence-electron chi connectivity index (χ4n) is 4.50. The predicted molar refractivity (Wildman–Crippen MR) is 140 cm³/mol. The molecule has 1 saturated heterocycles.